The highest BCUT2D eigenvalue weighted by molar-refractivity contribution is 5.36. The van der Waals surface area contributed by atoms with Gasteiger partial charge in [0.15, 0.2) is 0 Å². The number of hydrogen-bond acceptors (Lipinski definition) is 2. The molecule has 0 radical (unpaired) electrons. The summed E-state index contributed by atoms with van der Waals surface area (Å²) in [6, 6.07) is 6.74. The lowest BCUT2D eigenvalue weighted by Crippen LogP contribution is -1.95. The van der Waals surface area contributed by atoms with Crippen LogP contribution in [0.4, 0.5) is 0 Å². The largest absolute Gasteiger partial charge is 0.500 e. The standard InChI is InChI=1S/C17H23NO/c1-12-9-14(3)16(10-13(12)2)7-6-8-17(11-18)15(4)19-5/h9-10H,6-8H2,1-5H3. The van der Waals surface area contributed by atoms with Gasteiger partial charge in [0.2, 0.25) is 0 Å². The molecule has 1 aromatic rings. The molecular weight excluding hydrogens is 234 g/mol. The van der Waals surface area contributed by atoms with Crippen molar-refractivity contribution in [3.05, 3.63) is 45.7 Å². The Morgan fingerprint density at radius 3 is 2.37 bits per heavy atom. The summed E-state index contributed by atoms with van der Waals surface area (Å²) < 4.78 is 5.12. The minimum atomic E-state index is 0.735. The van der Waals surface area contributed by atoms with E-state index in [0.717, 1.165) is 30.6 Å². The van der Waals surface area contributed by atoms with Crippen molar-refractivity contribution < 1.29 is 4.74 Å². The third kappa shape index (κ3) is 4.13. The molecule has 0 heterocycles. The summed E-state index contributed by atoms with van der Waals surface area (Å²) in [6.45, 7) is 8.29. The Kier molecular flexibility index (Phi) is 5.63. The molecule has 19 heavy (non-hydrogen) atoms. The van der Waals surface area contributed by atoms with Gasteiger partial charge >= 0.3 is 0 Å². The van der Waals surface area contributed by atoms with Crippen LogP contribution in [0.1, 0.15) is 42.0 Å². The summed E-state index contributed by atoms with van der Waals surface area (Å²) >= 11 is 0. The third-order valence-electron chi connectivity index (χ3n) is 3.69. The van der Waals surface area contributed by atoms with Crippen LogP contribution in [-0.4, -0.2) is 7.11 Å². The summed E-state index contributed by atoms with van der Waals surface area (Å²) in [6.07, 6.45) is 2.77. The van der Waals surface area contributed by atoms with Gasteiger partial charge in [0.25, 0.3) is 0 Å². The molecule has 0 aliphatic rings. The molecule has 0 aliphatic heterocycles. The first-order valence-corrected chi connectivity index (χ1v) is 6.70. The molecule has 0 aliphatic carbocycles. The second-order valence-electron chi connectivity index (χ2n) is 5.07. The van der Waals surface area contributed by atoms with E-state index in [1.807, 2.05) is 6.92 Å². The van der Waals surface area contributed by atoms with Crippen LogP contribution in [0.15, 0.2) is 23.5 Å². The van der Waals surface area contributed by atoms with Gasteiger partial charge in [0.1, 0.15) is 5.76 Å². The molecule has 2 nitrogen and oxygen atoms in total. The zero-order chi connectivity index (χ0) is 14.4. The molecule has 0 N–H and O–H groups in total. The quantitative estimate of drug-likeness (QED) is 0.579. The lowest BCUT2D eigenvalue weighted by molar-refractivity contribution is 0.289. The Balaban J connectivity index is 2.69. The van der Waals surface area contributed by atoms with Crippen LogP contribution in [0.2, 0.25) is 0 Å². The molecule has 0 atom stereocenters. The van der Waals surface area contributed by atoms with E-state index in [1.54, 1.807) is 7.11 Å². The highest BCUT2D eigenvalue weighted by Gasteiger charge is 2.05. The van der Waals surface area contributed by atoms with E-state index in [4.69, 9.17) is 10.00 Å². The molecule has 0 saturated carbocycles. The van der Waals surface area contributed by atoms with Crippen molar-refractivity contribution in [3.8, 4) is 6.07 Å². The molecule has 0 amide bonds. The zero-order valence-electron chi connectivity index (χ0n) is 12.6. The van der Waals surface area contributed by atoms with Crippen molar-refractivity contribution in [2.45, 2.75) is 47.0 Å². The number of methoxy groups -OCH3 is 1. The number of nitriles is 1. The van der Waals surface area contributed by atoms with Gasteiger partial charge in [-0.1, -0.05) is 12.1 Å². The summed E-state index contributed by atoms with van der Waals surface area (Å²) in [5.41, 5.74) is 6.16. The van der Waals surface area contributed by atoms with Crippen molar-refractivity contribution in [2.75, 3.05) is 7.11 Å². The first kappa shape index (κ1) is 15.3. The van der Waals surface area contributed by atoms with E-state index in [9.17, 15) is 0 Å². The van der Waals surface area contributed by atoms with Crippen LogP contribution in [0, 0.1) is 32.1 Å². The van der Waals surface area contributed by atoms with Crippen molar-refractivity contribution in [1.29, 1.82) is 5.26 Å². The van der Waals surface area contributed by atoms with Crippen molar-refractivity contribution in [3.63, 3.8) is 0 Å². The number of allylic oxidation sites excluding steroid dienone is 2. The first-order chi connectivity index (χ1) is 8.99. The fourth-order valence-electron chi connectivity index (χ4n) is 2.18. The fraction of sp³-hybridized carbons (Fsp3) is 0.471. The molecular formula is C17H23NO. The van der Waals surface area contributed by atoms with Crippen molar-refractivity contribution in [1.82, 2.24) is 0 Å². The summed E-state index contributed by atoms with van der Waals surface area (Å²) in [5, 5.41) is 9.07. The average Bonchev–Trinajstić information content (AvgIpc) is 2.39. The average molecular weight is 257 g/mol. The van der Waals surface area contributed by atoms with E-state index in [-0.39, 0.29) is 0 Å². The number of aryl methyl sites for hydroxylation is 4. The number of rotatable bonds is 5. The molecule has 2 heteroatoms. The normalized spacial score (nSPS) is 11.8. The third-order valence-corrected chi connectivity index (χ3v) is 3.69. The number of benzene rings is 1. The molecule has 0 fully saturated rings. The number of ether oxygens (including phenoxy) is 1. The van der Waals surface area contributed by atoms with Crippen LogP contribution in [0.25, 0.3) is 0 Å². The SMILES string of the molecule is COC(C)=C(C#N)CCCc1cc(C)c(C)cc1C. The Bertz CT molecular complexity index is 521. The number of hydrogen-bond donors (Lipinski definition) is 0. The fourth-order valence-corrected chi connectivity index (χ4v) is 2.18. The lowest BCUT2D eigenvalue weighted by Gasteiger charge is -2.10. The van der Waals surface area contributed by atoms with Crippen LogP contribution >= 0.6 is 0 Å². The smallest absolute Gasteiger partial charge is 0.106 e. The minimum Gasteiger partial charge on any atom is -0.500 e. The van der Waals surface area contributed by atoms with Gasteiger partial charge < -0.3 is 4.74 Å². The summed E-state index contributed by atoms with van der Waals surface area (Å²) in [5.74, 6) is 0.735. The van der Waals surface area contributed by atoms with Gasteiger partial charge in [0.05, 0.1) is 18.8 Å². The van der Waals surface area contributed by atoms with E-state index in [2.05, 4.69) is 39.0 Å². The second kappa shape index (κ2) is 6.99. The molecule has 0 saturated heterocycles. The highest BCUT2D eigenvalue weighted by atomic mass is 16.5. The minimum absolute atomic E-state index is 0.735. The molecule has 0 bridgehead atoms. The van der Waals surface area contributed by atoms with Gasteiger partial charge in [-0.05, 0) is 69.2 Å². The maximum atomic E-state index is 9.07. The molecule has 1 aromatic carbocycles. The van der Waals surface area contributed by atoms with E-state index >= 15 is 0 Å². The molecule has 0 spiro atoms. The summed E-state index contributed by atoms with van der Waals surface area (Å²) in [7, 11) is 1.61. The predicted molar refractivity (Wildman–Crippen MR) is 78.9 cm³/mol. The Morgan fingerprint density at radius 2 is 1.79 bits per heavy atom. The summed E-state index contributed by atoms with van der Waals surface area (Å²) in [4.78, 5) is 0. The van der Waals surface area contributed by atoms with Gasteiger partial charge in [-0.25, -0.2) is 0 Å². The van der Waals surface area contributed by atoms with Gasteiger partial charge in [-0.3, -0.25) is 0 Å². The molecule has 0 aromatic heterocycles. The Labute approximate surface area is 116 Å². The highest BCUT2D eigenvalue weighted by Crippen LogP contribution is 2.19. The van der Waals surface area contributed by atoms with Gasteiger partial charge in [-0.15, -0.1) is 0 Å². The maximum Gasteiger partial charge on any atom is 0.106 e. The van der Waals surface area contributed by atoms with E-state index in [0.29, 0.717) is 0 Å². The predicted octanol–water partition coefficient (Wildman–Crippen LogP) is 4.38. The van der Waals surface area contributed by atoms with Crippen LogP contribution in [-0.2, 0) is 11.2 Å². The molecule has 102 valence electrons. The molecule has 0 unspecified atom stereocenters. The van der Waals surface area contributed by atoms with Crippen molar-refractivity contribution in [2.24, 2.45) is 0 Å². The van der Waals surface area contributed by atoms with Crippen LogP contribution in [0.3, 0.4) is 0 Å². The Hall–Kier alpha value is -1.75. The first-order valence-electron chi connectivity index (χ1n) is 6.70. The van der Waals surface area contributed by atoms with Crippen LogP contribution in [0.5, 0.6) is 0 Å². The monoisotopic (exact) mass is 257 g/mol. The van der Waals surface area contributed by atoms with Gasteiger partial charge in [0, 0.05) is 0 Å². The van der Waals surface area contributed by atoms with Crippen LogP contribution < -0.4 is 0 Å². The zero-order valence-corrected chi connectivity index (χ0v) is 12.6. The van der Waals surface area contributed by atoms with Gasteiger partial charge in [-0.2, -0.15) is 5.26 Å². The van der Waals surface area contributed by atoms with E-state index in [1.165, 1.54) is 22.3 Å². The van der Waals surface area contributed by atoms with Crippen molar-refractivity contribution >= 4 is 0 Å². The topological polar surface area (TPSA) is 33.0 Å². The molecule has 1 rings (SSSR count). The maximum absolute atomic E-state index is 9.07. The Morgan fingerprint density at radius 1 is 1.16 bits per heavy atom. The van der Waals surface area contributed by atoms with E-state index < -0.39 is 0 Å². The lowest BCUT2D eigenvalue weighted by atomic mass is 9.96. The number of nitrogens with zero attached hydrogens (tertiary/aromatic N) is 1. The second-order valence-corrected chi connectivity index (χ2v) is 5.07.